The van der Waals surface area contributed by atoms with Crippen LogP contribution in [0.5, 0.6) is 0 Å². The highest BCUT2D eigenvalue weighted by atomic mass is 16.5. The molecule has 23 heavy (non-hydrogen) atoms. The Hall–Kier alpha value is -1.40. The van der Waals surface area contributed by atoms with Crippen LogP contribution < -0.4 is 5.32 Å². The summed E-state index contributed by atoms with van der Waals surface area (Å²) in [6.07, 6.45) is 3.84. The number of ether oxygens (including phenoxy) is 2. The zero-order valence-corrected chi connectivity index (χ0v) is 14.1. The van der Waals surface area contributed by atoms with Gasteiger partial charge in [0.1, 0.15) is 0 Å². The molecule has 2 N–H and O–H groups in total. The standard InChI is InChI=1S/C17H27N3O3/c1-3-14-11(2)16(20-19-14)17(21)18-15-6-9-23-10-13(15)12-4-7-22-8-5-12/h12-13,15H,3-10H2,1-2H3,(H,18,21)(H,19,20)/t13-,15-/m1/s1. The van der Waals surface area contributed by atoms with Crippen molar-refractivity contribution in [1.82, 2.24) is 15.5 Å². The van der Waals surface area contributed by atoms with Crippen molar-refractivity contribution in [2.45, 2.75) is 45.6 Å². The van der Waals surface area contributed by atoms with Gasteiger partial charge in [0, 0.05) is 43.0 Å². The molecular formula is C17H27N3O3. The minimum atomic E-state index is -0.0672. The van der Waals surface area contributed by atoms with E-state index in [9.17, 15) is 4.79 Å². The fourth-order valence-corrected chi connectivity index (χ4v) is 3.78. The summed E-state index contributed by atoms with van der Waals surface area (Å²) in [5.74, 6) is 0.879. The van der Waals surface area contributed by atoms with Crippen LogP contribution in [0.25, 0.3) is 0 Å². The summed E-state index contributed by atoms with van der Waals surface area (Å²) >= 11 is 0. The van der Waals surface area contributed by atoms with E-state index in [0.29, 0.717) is 24.1 Å². The van der Waals surface area contributed by atoms with Crippen molar-refractivity contribution < 1.29 is 14.3 Å². The molecule has 0 saturated carbocycles. The average Bonchev–Trinajstić information content (AvgIpc) is 2.97. The molecule has 0 aromatic carbocycles. The van der Waals surface area contributed by atoms with Gasteiger partial charge in [0.25, 0.3) is 5.91 Å². The van der Waals surface area contributed by atoms with Gasteiger partial charge in [0.15, 0.2) is 5.69 Å². The molecule has 0 aliphatic carbocycles. The highest BCUT2D eigenvalue weighted by Gasteiger charge is 2.35. The SMILES string of the molecule is CCc1[nH]nc(C(=O)N[C@@H]2CCOC[C@@H]2C2CCOCC2)c1C. The number of H-pyrrole nitrogens is 1. The third kappa shape index (κ3) is 3.58. The lowest BCUT2D eigenvalue weighted by molar-refractivity contribution is -0.0259. The molecule has 128 valence electrons. The van der Waals surface area contributed by atoms with Crippen molar-refractivity contribution in [1.29, 1.82) is 0 Å². The van der Waals surface area contributed by atoms with Gasteiger partial charge >= 0.3 is 0 Å². The van der Waals surface area contributed by atoms with Crippen LogP contribution in [0.15, 0.2) is 0 Å². The molecule has 2 atom stereocenters. The lowest BCUT2D eigenvalue weighted by Gasteiger charge is -2.38. The lowest BCUT2D eigenvalue weighted by Crippen LogP contribution is -2.49. The molecule has 2 fully saturated rings. The van der Waals surface area contributed by atoms with Crippen molar-refractivity contribution >= 4 is 5.91 Å². The monoisotopic (exact) mass is 321 g/mol. The van der Waals surface area contributed by atoms with Crippen molar-refractivity contribution in [3.8, 4) is 0 Å². The number of nitrogens with one attached hydrogen (secondary N) is 2. The van der Waals surface area contributed by atoms with Crippen molar-refractivity contribution in [3.63, 3.8) is 0 Å². The molecule has 1 aromatic heterocycles. The van der Waals surface area contributed by atoms with E-state index in [1.54, 1.807) is 0 Å². The number of aryl methyl sites for hydroxylation is 1. The predicted octanol–water partition coefficient (Wildman–Crippen LogP) is 1.84. The first-order valence-corrected chi connectivity index (χ1v) is 8.71. The van der Waals surface area contributed by atoms with E-state index < -0.39 is 0 Å². The number of nitrogens with zero attached hydrogens (tertiary/aromatic N) is 1. The number of hydrogen-bond acceptors (Lipinski definition) is 4. The van der Waals surface area contributed by atoms with Crippen molar-refractivity contribution in [2.24, 2.45) is 11.8 Å². The molecule has 0 spiro atoms. The summed E-state index contributed by atoms with van der Waals surface area (Å²) in [5.41, 5.74) is 2.52. The molecule has 2 saturated heterocycles. The summed E-state index contributed by atoms with van der Waals surface area (Å²) in [6.45, 7) is 7.10. The molecule has 3 rings (SSSR count). The van der Waals surface area contributed by atoms with Gasteiger partial charge in [0.05, 0.1) is 6.61 Å². The maximum absolute atomic E-state index is 12.6. The zero-order chi connectivity index (χ0) is 16.2. The summed E-state index contributed by atoms with van der Waals surface area (Å²) in [4.78, 5) is 12.6. The number of aromatic nitrogens is 2. The minimum Gasteiger partial charge on any atom is -0.381 e. The number of amides is 1. The Bertz CT molecular complexity index is 537. The van der Waals surface area contributed by atoms with Gasteiger partial charge in [-0.1, -0.05) is 6.92 Å². The molecule has 1 amide bonds. The van der Waals surface area contributed by atoms with Crippen LogP contribution in [0, 0.1) is 18.8 Å². The van der Waals surface area contributed by atoms with Gasteiger partial charge in [0.2, 0.25) is 0 Å². The fourth-order valence-electron chi connectivity index (χ4n) is 3.78. The highest BCUT2D eigenvalue weighted by molar-refractivity contribution is 5.94. The molecular weight excluding hydrogens is 294 g/mol. The molecule has 2 aliphatic heterocycles. The van der Waals surface area contributed by atoms with E-state index in [-0.39, 0.29) is 11.9 Å². The number of aromatic amines is 1. The Kier molecular flexibility index (Phi) is 5.33. The smallest absolute Gasteiger partial charge is 0.272 e. The minimum absolute atomic E-state index is 0.0672. The van der Waals surface area contributed by atoms with Crippen LogP contribution >= 0.6 is 0 Å². The number of carbonyl (C=O) groups excluding carboxylic acids is 1. The van der Waals surface area contributed by atoms with Gasteiger partial charge < -0.3 is 14.8 Å². The maximum atomic E-state index is 12.6. The summed E-state index contributed by atoms with van der Waals surface area (Å²) in [7, 11) is 0. The second kappa shape index (κ2) is 7.45. The van der Waals surface area contributed by atoms with Crippen LogP contribution in [0.2, 0.25) is 0 Å². The van der Waals surface area contributed by atoms with Gasteiger partial charge in [-0.25, -0.2) is 0 Å². The highest BCUT2D eigenvalue weighted by Crippen LogP contribution is 2.30. The number of rotatable bonds is 4. The molecule has 0 radical (unpaired) electrons. The number of carbonyl (C=O) groups is 1. The van der Waals surface area contributed by atoms with E-state index in [0.717, 1.165) is 56.8 Å². The Labute approximate surface area is 137 Å². The van der Waals surface area contributed by atoms with E-state index >= 15 is 0 Å². The molecule has 2 aliphatic rings. The molecule has 6 heteroatoms. The Morgan fingerprint density at radius 2 is 2.00 bits per heavy atom. The second-order valence-electron chi connectivity index (χ2n) is 6.59. The molecule has 1 aromatic rings. The van der Waals surface area contributed by atoms with Gasteiger partial charge in [-0.05, 0) is 38.5 Å². The van der Waals surface area contributed by atoms with Crippen LogP contribution in [0.3, 0.4) is 0 Å². The first-order chi connectivity index (χ1) is 11.2. The Balaban J connectivity index is 1.68. The van der Waals surface area contributed by atoms with Gasteiger partial charge in [-0.2, -0.15) is 5.10 Å². The van der Waals surface area contributed by atoms with Crippen LogP contribution in [0.4, 0.5) is 0 Å². The largest absolute Gasteiger partial charge is 0.381 e. The molecule has 3 heterocycles. The van der Waals surface area contributed by atoms with Crippen molar-refractivity contribution in [3.05, 3.63) is 17.0 Å². The quantitative estimate of drug-likeness (QED) is 0.887. The molecule has 0 unspecified atom stereocenters. The third-order valence-electron chi connectivity index (χ3n) is 5.27. The van der Waals surface area contributed by atoms with E-state index in [4.69, 9.17) is 9.47 Å². The normalized spacial score (nSPS) is 26.2. The molecule has 0 bridgehead atoms. The predicted molar refractivity (Wildman–Crippen MR) is 86.4 cm³/mol. The summed E-state index contributed by atoms with van der Waals surface area (Å²) in [6, 6.07) is 0.167. The maximum Gasteiger partial charge on any atom is 0.272 e. The van der Waals surface area contributed by atoms with E-state index in [1.165, 1.54) is 0 Å². The van der Waals surface area contributed by atoms with Crippen molar-refractivity contribution in [2.75, 3.05) is 26.4 Å². The summed E-state index contributed by atoms with van der Waals surface area (Å²) < 4.78 is 11.1. The molecule has 6 nitrogen and oxygen atoms in total. The summed E-state index contributed by atoms with van der Waals surface area (Å²) in [5, 5.41) is 10.4. The topological polar surface area (TPSA) is 76.2 Å². The van der Waals surface area contributed by atoms with Crippen LogP contribution in [-0.2, 0) is 15.9 Å². The van der Waals surface area contributed by atoms with E-state index in [2.05, 4.69) is 22.4 Å². The Morgan fingerprint density at radius 3 is 2.70 bits per heavy atom. The van der Waals surface area contributed by atoms with Gasteiger partial charge in [-0.3, -0.25) is 9.89 Å². The zero-order valence-electron chi connectivity index (χ0n) is 14.1. The van der Waals surface area contributed by atoms with Crippen LogP contribution in [-0.4, -0.2) is 48.6 Å². The van der Waals surface area contributed by atoms with E-state index in [1.807, 2.05) is 6.92 Å². The van der Waals surface area contributed by atoms with Crippen LogP contribution in [0.1, 0.15) is 47.9 Å². The lowest BCUT2D eigenvalue weighted by atomic mass is 9.79. The fraction of sp³-hybridized carbons (Fsp3) is 0.765. The second-order valence-corrected chi connectivity index (χ2v) is 6.59. The Morgan fingerprint density at radius 1 is 1.26 bits per heavy atom. The third-order valence-corrected chi connectivity index (χ3v) is 5.27. The first kappa shape index (κ1) is 16.5. The number of hydrogen-bond donors (Lipinski definition) is 2. The first-order valence-electron chi connectivity index (χ1n) is 8.71. The van der Waals surface area contributed by atoms with Gasteiger partial charge in [-0.15, -0.1) is 0 Å². The average molecular weight is 321 g/mol.